The summed E-state index contributed by atoms with van der Waals surface area (Å²) < 4.78 is 16.6. The Bertz CT molecular complexity index is 713. The minimum absolute atomic E-state index is 0.0317. The highest BCUT2D eigenvalue weighted by Crippen LogP contribution is 2.46. The molecule has 1 fully saturated rings. The number of hydrogen-bond acceptors (Lipinski definition) is 7. The van der Waals surface area contributed by atoms with E-state index in [4.69, 9.17) is 19.9 Å². The molecule has 1 aromatic rings. The van der Waals surface area contributed by atoms with Crippen molar-refractivity contribution in [3.8, 4) is 17.6 Å². The summed E-state index contributed by atoms with van der Waals surface area (Å²) in [5.41, 5.74) is 13.9. The number of nitriles is 1. The van der Waals surface area contributed by atoms with Gasteiger partial charge < -0.3 is 19.9 Å². The Balaban J connectivity index is 2.11. The van der Waals surface area contributed by atoms with Crippen LogP contribution >= 0.6 is 0 Å². The molecule has 0 saturated carbocycles. The summed E-state index contributed by atoms with van der Waals surface area (Å²) in [6, 6.07) is 8.06. The Morgan fingerprint density at radius 2 is 2.08 bits per heavy atom. The predicted octanol–water partition coefficient (Wildman–Crippen LogP) is 1.73. The van der Waals surface area contributed by atoms with Gasteiger partial charge in [0.15, 0.2) is 6.23 Å². The largest absolute Gasteiger partial charge is 0.497 e. The summed E-state index contributed by atoms with van der Waals surface area (Å²) in [6.07, 6.45) is 1.70. The maximum Gasteiger partial charge on any atom is 0.200 e. The predicted molar refractivity (Wildman–Crippen MR) is 92.4 cm³/mol. The van der Waals surface area contributed by atoms with Gasteiger partial charge in [-0.05, 0) is 12.5 Å². The van der Waals surface area contributed by atoms with Crippen LogP contribution in [0, 0.1) is 17.2 Å². The first kappa shape index (κ1) is 17.4. The van der Waals surface area contributed by atoms with Crippen molar-refractivity contribution in [2.75, 3.05) is 14.2 Å². The van der Waals surface area contributed by atoms with Crippen molar-refractivity contribution in [3.05, 3.63) is 35.2 Å². The first-order valence-electron chi connectivity index (χ1n) is 8.43. The standard InChI is InChI=1S/C18H24N4O3/c1-4-5-13-16-15(11-7-6-10(23-2)8-14(11)24-3)12(9-19)17(20)25-18(16)22-21-13/h6-8,13,15-16,18,21-22H,4-5,20H2,1-3H3. The van der Waals surface area contributed by atoms with Gasteiger partial charge in [0.2, 0.25) is 5.88 Å². The molecule has 4 atom stereocenters. The monoisotopic (exact) mass is 344 g/mol. The molecule has 0 amide bonds. The van der Waals surface area contributed by atoms with Gasteiger partial charge in [0.05, 0.1) is 19.8 Å². The van der Waals surface area contributed by atoms with Crippen LogP contribution in [0.4, 0.5) is 0 Å². The maximum absolute atomic E-state index is 9.72. The molecule has 0 spiro atoms. The first-order chi connectivity index (χ1) is 12.1. The summed E-state index contributed by atoms with van der Waals surface area (Å²) in [4.78, 5) is 0. The molecule has 0 radical (unpaired) electrons. The minimum Gasteiger partial charge on any atom is -0.497 e. The molecule has 7 heteroatoms. The van der Waals surface area contributed by atoms with E-state index in [1.807, 2.05) is 18.2 Å². The normalized spacial score (nSPS) is 28.1. The molecular formula is C18H24N4O3. The number of nitrogens with zero attached hydrogens (tertiary/aromatic N) is 1. The lowest BCUT2D eigenvalue weighted by molar-refractivity contribution is 0.0334. The van der Waals surface area contributed by atoms with Gasteiger partial charge in [0.25, 0.3) is 0 Å². The first-order valence-corrected chi connectivity index (χ1v) is 8.43. The summed E-state index contributed by atoms with van der Waals surface area (Å²) in [5, 5.41) is 9.72. The molecule has 0 bridgehead atoms. The smallest absolute Gasteiger partial charge is 0.200 e. The van der Waals surface area contributed by atoms with Gasteiger partial charge in [-0.3, -0.25) is 5.43 Å². The van der Waals surface area contributed by atoms with E-state index in [2.05, 4.69) is 23.8 Å². The lowest BCUT2D eigenvalue weighted by atomic mass is 9.74. The van der Waals surface area contributed by atoms with Crippen LogP contribution in [-0.2, 0) is 4.74 Å². The van der Waals surface area contributed by atoms with Gasteiger partial charge in [-0.15, -0.1) is 0 Å². The van der Waals surface area contributed by atoms with Crippen LogP contribution in [0.5, 0.6) is 11.5 Å². The number of fused-ring (bicyclic) bond motifs is 1. The third-order valence-corrected chi connectivity index (χ3v) is 4.94. The van der Waals surface area contributed by atoms with E-state index in [-0.39, 0.29) is 30.0 Å². The quantitative estimate of drug-likeness (QED) is 0.747. The number of rotatable bonds is 5. The molecule has 0 aromatic heterocycles. The third-order valence-electron chi connectivity index (χ3n) is 4.94. The summed E-state index contributed by atoms with van der Waals surface area (Å²) in [7, 11) is 3.22. The number of ether oxygens (including phenoxy) is 3. The van der Waals surface area contributed by atoms with Crippen LogP contribution in [0.15, 0.2) is 29.7 Å². The number of nitrogens with two attached hydrogens (primary N) is 1. The van der Waals surface area contributed by atoms with E-state index in [1.54, 1.807) is 14.2 Å². The topological polar surface area (TPSA) is 102 Å². The number of hydrazine groups is 1. The zero-order valence-electron chi connectivity index (χ0n) is 14.7. The molecule has 7 nitrogen and oxygen atoms in total. The second-order valence-corrected chi connectivity index (χ2v) is 6.27. The van der Waals surface area contributed by atoms with Crippen molar-refractivity contribution < 1.29 is 14.2 Å². The average molecular weight is 344 g/mol. The molecule has 1 aromatic carbocycles. The lowest BCUT2D eigenvalue weighted by Gasteiger charge is -2.36. The van der Waals surface area contributed by atoms with Gasteiger partial charge in [-0.1, -0.05) is 19.4 Å². The van der Waals surface area contributed by atoms with Crippen LogP contribution in [0.2, 0.25) is 0 Å². The van der Waals surface area contributed by atoms with Crippen molar-refractivity contribution in [2.45, 2.75) is 38.0 Å². The molecule has 25 heavy (non-hydrogen) atoms. The van der Waals surface area contributed by atoms with Gasteiger partial charge in [0, 0.05) is 29.5 Å². The molecule has 2 aliphatic heterocycles. The Hall–Kier alpha value is -2.43. The Morgan fingerprint density at radius 3 is 2.72 bits per heavy atom. The Morgan fingerprint density at radius 1 is 1.28 bits per heavy atom. The molecule has 4 N–H and O–H groups in total. The highest BCUT2D eigenvalue weighted by molar-refractivity contribution is 5.50. The molecular weight excluding hydrogens is 320 g/mol. The molecule has 1 saturated heterocycles. The third kappa shape index (κ3) is 2.99. The fourth-order valence-electron chi connectivity index (χ4n) is 3.79. The fourth-order valence-corrected chi connectivity index (χ4v) is 3.79. The van der Waals surface area contributed by atoms with Crippen molar-refractivity contribution in [3.63, 3.8) is 0 Å². The van der Waals surface area contributed by atoms with Crippen molar-refractivity contribution in [1.82, 2.24) is 10.9 Å². The van der Waals surface area contributed by atoms with Crippen molar-refractivity contribution >= 4 is 0 Å². The van der Waals surface area contributed by atoms with Crippen molar-refractivity contribution in [2.24, 2.45) is 11.7 Å². The highest BCUT2D eigenvalue weighted by Gasteiger charge is 2.49. The molecule has 0 aliphatic carbocycles. The van der Waals surface area contributed by atoms with E-state index in [0.29, 0.717) is 17.1 Å². The van der Waals surface area contributed by atoms with E-state index in [1.165, 1.54) is 0 Å². The van der Waals surface area contributed by atoms with Crippen LogP contribution in [0.25, 0.3) is 0 Å². The van der Waals surface area contributed by atoms with E-state index < -0.39 is 0 Å². The van der Waals surface area contributed by atoms with E-state index >= 15 is 0 Å². The van der Waals surface area contributed by atoms with Gasteiger partial charge in [0.1, 0.15) is 17.6 Å². The number of nitrogens with one attached hydrogen (secondary N) is 2. The zero-order chi connectivity index (χ0) is 18.0. The SMILES string of the molecule is CCCC1NNC2OC(N)=C(C#N)C(c3ccc(OC)cc3OC)C12. The fraction of sp³-hybridized carbons (Fsp3) is 0.500. The molecule has 2 aliphatic rings. The van der Waals surface area contributed by atoms with E-state index in [9.17, 15) is 5.26 Å². The molecule has 134 valence electrons. The minimum atomic E-state index is -0.287. The Kier molecular flexibility index (Phi) is 5.02. The summed E-state index contributed by atoms with van der Waals surface area (Å²) in [6.45, 7) is 2.14. The van der Waals surface area contributed by atoms with Crippen LogP contribution < -0.4 is 26.1 Å². The number of methoxy groups -OCH3 is 2. The summed E-state index contributed by atoms with van der Waals surface area (Å²) >= 11 is 0. The van der Waals surface area contributed by atoms with Crippen LogP contribution in [-0.4, -0.2) is 26.5 Å². The van der Waals surface area contributed by atoms with Gasteiger partial charge in [-0.2, -0.15) is 5.26 Å². The van der Waals surface area contributed by atoms with Crippen molar-refractivity contribution in [1.29, 1.82) is 5.26 Å². The van der Waals surface area contributed by atoms with Gasteiger partial charge >= 0.3 is 0 Å². The van der Waals surface area contributed by atoms with Crippen LogP contribution in [0.1, 0.15) is 31.2 Å². The molecule has 2 heterocycles. The maximum atomic E-state index is 9.72. The molecule has 4 unspecified atom stereocenters. The average Bonchev–Trinajstić information content (AvgIpc) is 3.02. The highest BCUT2D eigenvalue weighted by atomic mass is 16.5. The number of hydrogen-bond donors (Lipinski definition) is 3. The van der Waals surface area contributed by atoms with E-state index in [0.717, 1.165) is 18.4 Å². The van der Waals surface area contributed by atoms with Gasteiger partial charge in [-0.25, -0.2) is 5.43 Å². The summed E-state index contributed by atoms with van der Waals surface area (Å²) in [5.74, 6) is 1.35. The second kappa shape index (κ2) is 7.21. The Labute approximate surface area is 147 Å². The zero-order valence-corrected chi connectivity index (χ0v) is 14.7. The number of benzene rings is 1. The lowest BCUT2D eigenvalue weighted by Crippen LogP contribution is -2.41. The second-order valence-electron chi connectivity index (χ2n) is 6.27. The molecule has 3 rings (SSSR count). The number of allylic oxidation sites excluding steroid dienone is 1. The van der Waals surface area contributed by atoms with Crippen LogP contribution in [0.3, 0.4) is 0 Å².